The summed E-state index contributed by atoms with van der Waals surface area (Å²) in [4.78, 5) is 27.9. The normalized spacial score (nSPS) is 16.8. The number of hydrogen-bond donors (Lipinski definition) is 3. The van der Waals surface area contributed by atoms with Crippen LogP contribution in [0, 0.1) is 17.2 Å². The van der Waals surface area contributed by atoms with E-state index < -0.39 is 29.9 Å². The Labute approximate surface area is 211 Å². The third-order valence-corrected chi connectivity index (χ3v) is 6.48. The minimum absolute atomic E-state index is 0.0199. The van der Waals surface area contributed by atoms with Gasteiger partial charge in [-0.2, -0.15) is 31.6 Å². The van der Waals surface area contributed by atoms with E-state index >= 15 is 0 Å². The molecule has 3 N–H and O–H groups in total. The summed E-state index contributed by atoms with van der Waals surface area (Å²) < 4.78 is 77.6. The van der Waals surface area contributed by atoms with Crippen LogP contribution in [0.2, 0.25) is 0 Å². The number of rotatable bonds is 5. The predicted molar refractivity (Wildman–Crippen MR) is 121 cm³/mol. The van der Waals surface area contributed by atoms with Crippen LogP contribution in [0.3, 0.4) is 0 Å². The fourth-order valence-electron chi connectivity index (χ4n) is 4.35. The molecule has 2 atom stereocenters. The number of amides is 1. The summed E-state index contributed by atoms with van der Waals surface area (Å²) >= 11 is 0. The Kier molecular flexibility index (Phi) is 7.20. The van der Waals surface area contributed by atoms with Crippen molar-refractivity contribution >= 4 is 22.9 Å². The number of anilines is 1. The van der Waals surface area contributed by atoms with E-state index in [9.17, 15) is 41.5 Å². The summed E-state index contributed by atoms with van der Waals surface area (Å²) in [7, 11) is 0. The van der Waals surface area contributed by atoms with Gasteiger partial charge in [-0.15, -0.1) is 0 Å². The topological polar surface area (TPSA) is 131 Å². The van der Waals surface area contributed by atoms with Crippen molar-refractivity contribution in [2.24, 2.45) is 5.92 Å². The predicted octanol–water partition coefficient (Wildman–Crippen LogP) is 3.87. The van der Waals surface area contributed by atoms with Gasteiger partial charge in [-0.3, -0.25) is 4.79 Å². The highest BCUT2D eigenvalue weighted by Gasteiger charge is 2.46. The van der Waals surface area contributed by atoms with Crippen LogP contribution in [0.4, 0.5) is 32.3 Å². The monoisotopic (exact) mass is 541 g/mol. The van der Waals surface area contributed by atoms with Crippen LogP contribution in [0.5, 0.6) is 0 Å². The van der Waals surface area contributed by atoms with Crippen LogP contribution in [0.15, 0.2) is 24.7 Å². The molecule has 3 aromatic rings. The Hall–Kier alpha value is -3.93. The number of nitrogens with zero attached hydrogens (tertiary/aromatic N) is 5. The van der Waals surface area contributed by atoms with Gasteiger partial charge < -0.3 is 20.3 Å². The van der Waals surface area contributed by atoms with Crippen molar-refractivity contribution in [2.75, 3.05) is 18.4 Å². The molecule has 38 heavy (non-hydrogen) atoms. The molecule has 1 aliphatic rings. The Morgan fingerprint density at radius 2 is 1.89 bits per heavy atom. The lowest BCUT2D eigenvalue weighted by Crippen LogP contribution is -2.50. The zero-order valence-corrected chi connectivity index (χ0v) is 19.7. The molecule has 1 fully saturated rings. The van der Waals surface area contributed by atoms with E-state index in [-0.39, 0.29) is 58.9 Å². The van der Waals surface area contributed by atoms with Crippen molar-refractivity contribution in [3.8, 4) is 17.3 Å². The van der Waals surface area contributed by atoms with Crippen molar-refractivity contribution in [1.29, 1.82) is 5.26 Å². The number of pyridine rings is 1. The number of nitriles is 1. The van der Waals surface area contributed by atoms with E-state index in [2.05, 4.69) is 25.3 Å². The molecular weight excluding hydrogens is 520 g/mol. The number of nitrogens with one attached hydrogen (secondary N) is 2. The Morgan fingerprint density at radius 3 is 2.50 bits per heavy atom. The lowest BCUT2D eigenvalue weighted by Gasteiger charge is -2.36. The molecule has 4 heterocycles. The Morgan fingerprint density at radius 1 is 1.21 bits per heavy atom. The van der Waals surface area contributed by atoms with E-state index in [0.29, 0.717) is 19.0 Å². The highest BCUT2D eigenvalue weighted by molar-refractivity contribution is 5.94. The van der Waals surface area contributed by atoms with Gasteiger partial charge in [0.15, 0.2) is 0 Å². The van der Waals surface area contributed by atoms with Crippen LogP contribution in [0.1, 0.15) is 30.9 Å². The van der Waals surface area contributed by atoms with Crippen LogP contribution >= 0.6 is 0 Å². The number of aromatic nitrogens is 4. The number of aliphatic hydroxyl groups excluding tert-OH is 1. The third kappa shape index (κ3) is 5.49. The van der Waals surface area contributed by atoms with E-state index in [1.54, 1.807) is 6.92 Å². The van der Waals surface area contributed by atoms with Gasteiger partial charge in [-0.05, 0) is 31.7 Å². The maximum absolute atomic E-state index is 13.2. The summed E-state index contributed by atoms with van der Waals surface area (Å²) in [5, 5.41) is 21.9. The zero-order valence-electron chi connectivity index (χ0n) is 19.7. The molecule has 0 aromatic carbocycles. The molecule has 1 aliphatic heterocycles. The molecule has 9 nitrogen and oxygen atoms in total. The molecule has 0 radical (unpaired) electrons. The fourth-order valence-corrected chi connectivity index (χ4v) is 4.35. The number of aliphatic hydroxyl groups is 1. The highest BCUT2D eigenvalue weighted by Crippen LogP contribution is 2.35. The van der Waals surface area contributed by atoms with Crippen LogP contribution in [-0.2, 0) is 11.0 Å². The first kappa shape index (κ1) is 27.1. The van der Waals surface area contributed by atoms with Crippen molar-refractivity contribution in [2.45, 2.75) is 44.3 Å². The lowest BCUT2D eigenvalue weighted by atomic mass is 9.90. The van der Waals surface area contributed by atoms with Crippen molar-refractivity contribution < 1.29 is 36.2 Å². The highest BCUT2D eigenvalue weighted by atomic mass is 19.4. The van der Waals surface area contributed by atoms with E-state index in [4.69, 9.17) is 0 Å². The van der Waals surface area contributed by atoms with E-state index in [0.717, 1.165) is 11.0 Å². The molecule has 4 rings (SSSR count). The molecule has 0 unspecified atom stereocenters. The molecular formula is C23H21F6N7O2. The van der Waals surface area contributed by atoms with Gasteiger partial charge in [0, 0.05) is 42.5 Å². The number of alkyl halides is 6. The SMILES string of the molecule is C[C@@H](Nc1ncc(C#N)c(-c2c[nH]c3ncc(C(F)(F)F)cc23)n1)C1CCN(C(=O)[C@H](O)C(F)(F)F)CC1. The van der Waals surface area contributed by atoms with Crippen molar-refractivity contribution in [3.05, 3.63) is 35.8 Å². The Bertz CT molecular complexity index is 1370. The van der Waals surface area contributed by atoms with E-state index in [1.165, 1.54) is 12.4 Å². The number of halogens is 6. The van der Waals surface area contributed by atoms with Gasteiger partial charge in [0.2, 0.25) is 12.1 Å². The van der Waals surface area contributed by atoms with Crippen LogP contribution in [0.25, 0.3) is 22.3 Å². The second-order valence-corrected chi connectivity index (χ2v) is 8.93. The molecule has 15 heteroatoms. The number of carbonyl (C=O) groups is 1. The first-order valence-corrected chi connectivity index (χ1v) is 11.4. The summed E-state index contributed by atoms with van der Waals surface area (Å²) in [5.74, 6) is -1.39. The molecule has 0 bridgehead atoms. The number of fused-ring (bicyclic) bond motifs is 1. The van der Waals surface area contributed by atoms with Crippen molar-refractivity contribution in [1.82, 2.24) is 24.8 Å². The van der Waals surface area contributed by atoms with Gasteiger partial charge in [0.05, 0.1) is 23.0 Å². The quantitative estimate of drug-likeness (QED) is 0.418. The number of aromatic amines is 1. The van der Waals surface area contributed by atoms with Gasteiger partial charge >= 0.3 is 12.4 Å². The second-order valence-electron chi connectivity index (χ2n) is 8.93. The maximum Gasteiger partial charge on any atom is 0.423 e. The molecule has 1 saturated heterocycles. The average Bonchev–Trinajstić information content (AvgIpc) is 3.30. The Balaban J connectivity index is 1.51. The number of hydrogen-bond acceptors (Lipinski definition) is 7. The van der Waals surface area contributed by atoms with Crippen LogP contribution in [-0.4, -0.2) is 67.3 Å². The summed E-state index contributed by atoms with van der Waals surface area (Å²) in [6.07, 6.45) is -8.69. The second kappa shape index (κ2) is 10.1. The van der Waals surface area contributed by atoms with Gasteiger partial charge in [0.1, 0.15) is 11.7 Å². The molecule has 3 aromatic heterocycles. The summed E-state index contributed by atoms with van der Waals surface area (Å²) in [5.41, 5.74) is -0.445. The van der Waals surface area contributed by atoms with Gasteiger partial charge in [-0.1, -0.05) is 0 Å². The number of piperidine rings is 1. The maximum atomic E-state index is 13.2. The third-order valence-electron chi connectivity index (χ3n) is 6.48. The molecule has 1 amide bonds. The standard InChI is InChI=1S/C23H21F6N7O2/c1-11(12-2-4-36(5-3-12)20(38)18(37)23(27,28)29)34-21-33-8-13(7-30)17(35-21)16-10-32-19-15(16)6-14(9-31-19)22(24,25)26/h6,8-12,18,37H,2-5H2,1H3,(H,31,32)(H,33,34,35)/t11-,18+/m1/s1. The first-order chi connectivity index (χ1) is 17.8. The van der Waals surface area contributed by atoms with Gasteiger partial charge in [-0.25, -0.2) is 15.0 Å². The summed E-state index contributed by atoms with van der Waals surface area (Å²) in [6, 6.07) is 2.54. The molecule has 0 saturated carbocycles. The smallest absolute Gasteiger partial charge is 0.376 e. The molecule has 0 aliphatic carbocycles. The molecule has 0 spiro atoms. The van der Waals surface area contributed by atoms with E-state index in [1.807, 2.05) is 6.07 Å². The largest absolute Gasteiger partial charge is 0.423 e. The fraction of sp³-hybridized carbons (Fsp3) is 0.435. The lowest BCUT2D eigenvalue weighted by molar-refractivity contribution is -0.211. The molecule has 202 valence electrons. The summed E-state index contributed by atoms with van der Waals surface area (Å²) in [6.45, 7) is 1.83. The van der Waals surface area contributed by atoms with Crippen molar-refractivity contribution in [3.63, 3.8) is 0 Å². The van der Waals surface area contributed by atoms with Gasteiger partial charge in [0.25, 0.3) is 5.91 Å². The van der Waals surface area contributed by atoms with Crippen LogP contribution < -0.4 is 5.32 Å². The minimum atomic E-state index is -5.04. The average molecular weight is 541 g/mol. The number of likely N-dealkylation sites (tertiary alicyclic amines) is 1. The number of carbonyl (C=O) groups excluding carboxylic acids is 1. The number of H-pyrrole nitrogens is 1. The zero-order chi connectivity index (χ0) is 27.8. The minimum Gasteiger partial charge on any atom is -0.376 e. The first-order valence-electron chi connectivity index (χ1n) is 11.4.